The first-order valence-corrected chi connectivity index (χ1v) is 12.2. The Balaban J connectivity index is 1.81. The van der Waals surface area contributed by atoms with Gasteiger partial charge in [0.2, 0.25) is 5.71 Å². The van der Waals surface area contributed by atoms with E-state index in [4.69, 9.17) is 9.68 Å². The number of pyridine rings is 1. The number of carbonyl (C=O) groups excluding carboxylic acids is 1. The van der Waals surface area contributed by atoms with Crippen LogP contribution in [0.4, 0.5) is 10.2 Å². The number of aryl methyl sites for hydroxylation is 1. The van der Waals surface area contributed by atoms with Crippen molar-refractivity contribution in [3.8, 4) is 17.4 Å². The lowest BCUT2D eigenvalue weighted by Gasteiger charge is -2.21. The molecule has 10 heteroatoms. The van der Waals surface area contributed by atoms with Gasteiger partial charge < -0.3 is 9.73 Å². The van der Waals surface area contributed by atoms with Gasteiger partial charge in [0.1, 0.15) is 17.4 Å². The second kappa shape index (κ2) is 10.7. The fourth-order valence-electron chi connectivity index (χ4n) is 3.97. The van der Waals surface area contributed by atoms with Crippen LogP contribution in [0.2, 0.25) is 0 Å². The van der Waals surface area contributed by atoms with Crippen LogP contribution in [0.1, 0.15) is 34.0 Å². The van der Waals surface area contributed by atoms with Gasteiger partial charge in [-0.15, -0.1) is 0 Å². The second-order valence-corrected chi connectivity index (χ2v) is 8.87. The normalized spacial score (nSPS) is 11.8. The van der Waals surface area contributed by atoms with Crippen molar-refractivity contribution < 1.29 is 22.4 Å². The van der Waals surface area contributed by atoms with Crippen molar-refractivity contribution in [3.05, 3.63) is 82.7 Å². The monoisotopic (exact) mass is 506 g/mol. The fourth-order valence-corrected chi connectivity index (χ4v) is 4.53. The second-order valence-electron chi connectivity index (χ2n) is 7.96. The highest BCUT2D eigenvalue weighted by Gasteiger charge is 2.26. The van der Waals surface area contributed by atoms with E-state index in [0.717, 1.165) is 5.56 Å². The van der Waals surface area contributed by atoms with Crippen molar-refractivity contribution in [1.82, 2.24) is 10.3 Å². The third-order valence-corrected chi connectivity index (χ3v) is 6.50. The molecule has 0 saturated carbocycles. The first-order chi connectivity index (χ1) is 17.4. The molecule has 184 valence electrons. The average molecular weight is 507 g/mol. The van der Waals surface area contributed by atoms with Crippen LogP contribution in [0, 0.1) is 17.1 Å². The van der Waals surface area contributed by atoms with Gasteiger partial charge in [-0.2, -0.15) is 10.2 Å². The quantitative estimate of drug-likeness (QED) is 0.337. The maximum absolute atomic E-state index is 13.5. The highest BCUT2D eigenvalue weighted by molar-refractivity contribution is 7.80. The third-order valence-electron chi connectivity index (χ3n) is 5.76. The van der Waals surface area contributed by atoms with Crippen LogP contribution in [0.3, 0.4) is 0 Å². The van der Waals surface area contributed by atoms with E-state index in [1.54, 1.807) is 24.3 Å². The fraction of sp³-hybridized carbons (Fsp3) is 0.192. The molecule has 36 heavy (non-hydrogen) atoms. The molecule has 2 aromatic heterocycles. The van der Waals surface area contributed by atoms with Gasteiger partial charge in [0.25, 0.3) is 17.2 Å². The number of nitrogens with zero attached hydrogens (tertiary/aromatic N) is 3. The molecule has 0 spiro atoms. The summed E-state index contributed by atoms with van der Waals surface area (Å²) in [5.74, 6) is -0.345. The van der Waals surface area contributed by atoms with Gasteiger partial charge in [-0.25, -0.2) is 8.60 Å². The first kappa shape index (κ1) is 25.0. The lowest BCUT2D eigenvalue weighted by Crippen LogP contribution is -2.29. The number of hydrogen-bond acceptors (Lipinski definition) is 5. The Morgan fingerprint density at radius 1 is 1.25 bits per heavy atom. The molecule has 4 rings (SSSR count). The number of aromatic nitrogens is 1. The maximum Gasteiger partial charge on any atom is 0.263 e. The number of nitrogens with one attached hydrogen (secondary N) is 1. The third kappa shape index (κ3) is 4.98. The largest absolute Gasteiger partial charge is 0.437 e. The summed E-state index contributed by atoms with van der Waals surface area (Å²) in [5.41, 5.74) is 2.84. The molecule has 8 nitrogen and oxygen atoms in total. The zero-order valence-electron chi connectivity index (χ0n) is 19.6. The molecule has 2 aromatic carbocycles. The number of fused-ring (bicyclic) bond motifs is 1. The summed E-state index contributed by atoms with van der Waals surface area (Å²) < 4.78 is 43.2. The number of rotatable bonds is 8. The Labute approximate surface area is 209 Å². The molecule has 4 aromatic rings. The maximum atomic E-state index is 13.5. The van der Waals surface area contributed by atoms with E-state index in [1.807, 2.05) is 13.0 Å². The van der Waals surface area contributed by atoms with E-state index in [9.17, 15) is 17.9 Å². The van der Waals surface area contributed by atoms with E-state index < -0.39 is 23.0 Å². The summed E-state index contributed by atoms with van der Waals surface area (Å²) in [5, 5.41) is 12.2. The molecule has 1 unspecified atom stereocenters. The number of hydrogen-bond donors (Lipinski definition) is 2. The Morgan fingerprint density at radius 3 is 2.64 bits per heavy atom. The standard InChI is InChI=1S/C26H23FN4O4S/c1-3-18-14-21-22(25(32)29-2)23(19-7-9-20(27)10-8-19)35-26(21)30-24(18)31(36(33)34)12-11-16-5-4-6-17(13-16)15-28/h4-10,13-14H,3,11-12H2,1-2H3,(H,29,32)(H,33,34). The number of halogens is 1. The van der Waals surface area contributed by atoms with Gasteiger partial charge in [0, 0.05) is 19.2 Å². The summed E-state index contributed by atoms with van der Waals surface area (Å²) in [7, 11) is 1.50. The molecule has 0 fully saturated rings. The van der Waals surface area contributed by atoms with Crippen molar-refractivity contribution in [2.75, 3.05) is 17.9 Å². The van der Waals surface area contributed by atoms with Gasteiger partial charge in [-0.05, 0) is 66.4 Å². The first-order valence-electron chi connectivity index (χ1n) is 11.2. The minimum atomic E-state index is -2.39. The summed E-state index contributed by atoms with van der Waals surface area (Å²) in [6, 6.07) is 16.4. The van der Waals surface area contributed by atoms with E-state index in [-0.39, 0.29) is 29.4 Å². The molecule has 1 amide bonds. The highest BCUT2D eigenvalue weighted by atomic mass is 32.2. The van der Waals surface area contributed by atoms with Gasteiger partial charge >= 0.3 is 0 Å². The van der Waals surface area contributed by atoms with Crippen LogP contribution in [-0.4, -0.2) is 33.2 Å². The Morgan fingerprint density at radius 2 is 2.00 bits per heavy atom. The van der Waals surface area contributed by atoms with E-state index >= 15 is 0 Å². The van der Waals surface area contributed by atoms with Crippen molar-refractivity contribution in [2.45, 2.75) is 19.8 Å². The molecule has 2 N–H and O–H groups in total. The summed E-state index contributed by atoms with van der Waals surface area (Å²) in [4.78, 5) is 17.3. The van der Waals surface area contributed by atoms with Crippen molar-refractivity contribution >= 4 is 34.1 Å². The van der Waals surface area contributed by atoms with Gasteiger partial charge in [-0.3, -0.25) is 13.7 Å². The van der Waals surface area contributed by atoms with E-state index in [1.165, 1.54) is 35.6 Å². The highest BCUT2D eigenvalue weighted by Crippen LogP contribution is 2.36. The predicted molar refractivity (Wildman–Crippen MR) is 135 cm³/mol. The Hall–Kier alpha value is -4.07. The summed E-state index contributed by atoms with van der Waals surface area (Å²) >= 11 is -2.39. The lowest BCUT2D eigenvalue weighted by atomic mass is 10.0. The van der Waals surface area contributed by atoms with Crippen LogP contribution < -0.4 is 9.62 Å². The van der Waals surface area contributed by atoms with Crippen LogP contribution in [0.15, 0.2) is 59.0 Å². The van der Waals surface area contributed by atoms with Crippen LogP contribution in [0.5, 0.6) is 0 Å². The number of benzene rings is 2. The molecule has 0 aliphatic carbocycles. The number of furan rings is 1. The molecular weight excluding hydrogens is 483 g/mol. The molecule has 1 atom stereocenters. The molecule has 0 radical (unpaired) electrons. The smallest absolute Gasteiger partial charge is 0.263 e. The van der Waals surface area contributed by atoms with Gasteiger partial charge in [0.05, 0.1) is 22.6 Å². The van der Waals surface area contributed by atoms with E-state index in [2.05, 4.69) is 16.4 Å². The molecule has 0 bridgehead atoms. The zero-order chi connectivity index (χ0) is 25.8. The van der Waals surface area contributed by atoms with Crippen molar-refractivity contribution in [3.63, 3.8) is 0 Å². The topological polar surface area (TPSA) is 119 Å². The number of nitriles is 1. The Bertz CT molecular complexity index is 1490. The molecule has 2 heterocycles. The number of anilines is 1. The van der Waals surface area contributed by atoms with Crippen molar-refractivity contribution in [1.29, 1.82) is 5.26 Å². The van der Waals surface area contributed by atoms with Gasteiger partial charge in [0.15, 0.2) is 0 Å². The predicted octanol–water partition coefficient (Wildman–Crippen LogP) is 4.61. The molecule has 0 saturated heterocycles. The lowest BCUT2D eigenvalue weighted by molar-refractivity contribution is 0.0964. The SMILES string of the molecule is CCc1cc2c(C(=O)NC)c(-c3ccc(F)cc3)oc2nc1N(CCc1cccc(C#N)c1)S(=O)O. The molecule has 0 aliphatic rings. The van der Waals surface area contributed by atoms with E-state index in [0.29, 0.717) is 34.9 Å². The van der Waals surface area contributed by atoms with Crippen molar-refractivity contribution in [2.24, 2.45) is 0 Å². The zero-order valence-corrected chi connectivity index (χ0v) is 20.4. The molecule has 0 aliphatic heterocycles. The minimum absolute atomic E-state index is 0.113. The number of amides is 1. The average Bonchev–Trinajstić information content (AvgIpc) is 3.26. The minimum Gasteiger partial charge on any atom is -0.437 e. The number of carbonyl (C=O) groups is 1. The molecular formula is C26H23FN4O4S. The summed E-state index contributed by atoms with van der Waals surface area (Å²) in [6.07, 6.45) is 0.868. The van der Waals surface area contributed by atoms with Crippen LogP contribution in [-0.2, 0) is 24.1 Å². The Kier molecular flexibility index (Phi) is 7.43. The van der Waals surface area contributed by atoms with Crippen LogP contribution >= 0.6 is 0 Å². The summed E-state index contributed by atoms with van der Waals surface area (Å²) in [6.45, 7) is 2.03. The van der Waals surface area contributed by atoms with Gasteiger partial charge in [-0.1, -0.05) is 19.1 Å². The van der Waals surface area contributed by atoms with Crippen LogP contribution in [0.25, 0.3) is 22.4 Å².